The molecule has 2 aromatic carbocycles. The molecule has 0 spiro atoms. The van der Waals surface area contributed by atoms with Crippen molar-refractivity contribution in [3.05, 3.63) is 63.7 Å². The third-order valence-electron chi connectivity index (χ3n) is 3.25. The Morgan fingerprint density at radius 3 is 2.74 bits per heavy atom. The molecule has 114 valence electrons. The van der Waals surface area contributed by atoms with Crippen molar-refractivity contribution >= 4 is 49.6 Å². The maximum Gasteiger partial charge on any atom is 0.283 e. The largest absolute Gasteiger partial charge is 0.330 e. The van der Waals surface area contributed by atoms with Gasteiger partial charge in [-0.05, 0) is 36.4 Å². The fourth-order valence-corrected chi connectivity index (χ4v) is 3.13. The van der Waals surface area contributed by atoms with Gasteiger partial charge in [0, 0.05) is 16.8 Å². The summed E-state index contributed by atoms with van der Waals surface area (Å²) in [5.74, 6) is -0.433. The van der Waals surface area contributed by atoms with Crippen LogP contribution < -0.4 is 10.9 Å². The van der Waals surface area contributed by atoms with Crippen LogP contribution in [0, 0.1) is 5.82 Å². The standard InChI is InChI=1S/C15H8ClFN4OS/c16-8-1-4-10(5-2-8)18-14-20-21-13(22)11-6-3-9(17)7-12(11)19-15(21)23-14/h1-7H,(H,18,20). The Hall–Kier alpha value is -2.51. The first-order valence-corrected chi connectivity index (χ1v) is 7.81. The van der Waals surface area contributed by atoms with E-state index >= 15 is 0 Å². The molecule has 0 aliphatic rings. The Labute approximate surface area is 138 Å². The molecule has 5 nitrogen and oxygen atoms in total. The topological polar surface area (TPSA) is 59.3 Å². The minimum atomic E-state index is -0.433. The Bertz CT molecular complexity index is 1090. The predicted octanol–water partition coefficient (Wildman–Crippen LogP) is 3.84. The lowest BCUT2D eigenvalue weighted by atomic mass is 10.2. The van der Waals surface area contributed by atoms with E-state index in [4.69, 9.17) is 11.6 Å². The van der Waals surface area contributed by atoms with Crippen molar-refractivity contribution in [3.63, 3.8) is 0 Å². The molecule has 0 unspecified atom stereocenters. The molecule has 2 heterocycles. The molecule has 4 rings (SSSR count). The fourth-order valence-electron chi connectivity index (χ4n) is 2.19. The first-order chi connectivity index (χ1) is 11.1. The van der Waals surface area contributed by atoms with Crippen molar-refractivity contribution in [2.75, 3.05) is 5.32 Å². The van der Waals surface area contributed by atoms with E-state index in [9.17, 15) is 9.18 Å². The highest BCUT2D eigenvalue weighted by molar-refractivity contribution is 7.20. The smallest absolute Gasteiger partial charge is 0.283 e. The van der Waals surface area contributed by atoms with E-state index in [-0.39, 0.29) is 5.56 Å². The quantitative estimate of drug-likeness (QED) is 0.599. The molecule has 0 radical (unpaired) electrons. The van der Waals surface area contributed by atoms with Crippen molar-refractivity contribution in [2.24, 2.45) is 0 Å². The van der Waals surface area contributed by atoms with Crippen molar-refractivity contribution in [1.29, 1.82) is 0 Å². The van der Waals surface area contributed by atoms with Gasteiger partial charge in [0.25, 0.3) is 5.56 Å². The number of fused-ring (bicyclic) bond motifs is 2. The minimum Gasteiger partial charge on any atom is -0.330 e. The number of hydrogen-bond donors (Lipinski definition) is 1. The van der Waals surface area contributed by atoms with Gasteiger partial charge < -0.3 is 5.32 Å². The summed E-state index contributed by atoms with van der Waals surface area (Å²) in [4.78, 5) is 17.1. The summed E-state index contributed by atoms with van der Waals surface area (Å²) >= 11 is 7.05. The zero-order chi connectivity index (χ0) is 16.0. The molecule has 0 saturated heterocycles. The fraction of sp³-hybridized carbons (Fsp3) is 0. The molecule has 4 aromatic rings. The first kappa shape index (κ1) is 14.1. The van der Waals surface area contributed by atoms with Gasteiger partial charge in [0.05, 0.1) is 10.9 Å². The van der Waals surface area contributed by atoms with Gasteiger partial charge in [0.2, 0.25) is 10.1 Å². The zero-order valence-electron chi connectivity index (χ0n) is 11.5. The van der Waals surface area contributed by atoms with Crippen LogP contribution in [-0.4, -0.2) is 14.6 Å². The van der Waals surface area contributed by atoms with Crippen LogP contribution in [0.5, 0.6) is 0 Å². The summed E-state index contributed by atoms with van der Waals surface area (Å²) in [6.07, 6.45) is 0. The van der Waals surface area contributed by atoms with E-state index < -0.39 is 5.82 Å². The average molecular weight is 347 g/mol. The molecule has 0 atom stereocenters. The third-order valence-corrected chi connectivity index (χ3v) is 4.33. The maximum atomic E-state index is 13.3. The molecule has 0 amide bonds. The zero-order valence-corrected chi connectivity index (χ0v) is 13.0. The third kappa shape index (κ3) is 2.54. The van der Waals surface area contributed by atoms with Crippen LogP contribution in [0.15, 0.2) is 47.3 Å². The second kappa shape index (κ2) is 5.29. The second-order valence-corrected chi connectivity index (χ2v) is 6.20. The van der Waals surface area contributed by atoms with Gasteiger partial charge in [-0.15, -0.1) is 5.10 Å². The molecule has 0 aliphatic carbocycles. The maximum absolute atomic E-state index is 13.3. The number of aromatic nitrogens is 3. The van der Waals surface area contributed by atoms with Crippen LogP contribution in [-0.2, 0) is 0 Å². The van der Waals surface area contributed by atoms with Gasteiger partial charge in [-0.2, -0.15) is 4.52 Å². The number of hydrogen-bond acceptors (Lipinski definition) is 5. The van der Waals surface area contributed by atoms with Crippen molar-refractivity contribution in [1.82, 2.24) is 14.6 Å². The summed E-state index contributed by atoms with van der Waals surface area (Å²) in [6.45, 7) is 0. The molecule has 23 heavy (non-hydrogen) atoms. The van der Waals surface area contributed by atoms with Crippen LogP contribution in [0.2, 0.25) is 5.02 Å². The van der Waals surface area contributed by atoms with Gasteiger partial charge in [0.15, 0.2) is 0 Å². The van der Waals surface area contributed by atoms with E-state index in [1.807, 2.05) is 0 Å². The van der Waals surface area contributed by atoms with Crippen LogP contribution in [0.25, 0.3) is 15.9 Å². The van der Waals surface area contributed by atoms with E-state index in [2.05, 4.69) is 15.4 Å². The van der Waals surface area contributed by atoms with E-state index in [1.165, 1.54) is 34.1 Å². The molecule has 0 aliphatic heterocycles. The monoisotopic (exact) mass is 346 g/mol. The molecular weight excluding hydrogens is 339 g/mol. The van der Waals surface area contributed by atoms with Crippen LogP contribution >= 0.6 is 22.9 Å². The van der Waals surface area contributed by atoms with Gasteiger partial charge in [0.1, 0.15) is 5.82 Å². The summed E-state index contributed by atoms with van der Waals surface area (Å²) < 4.78 is 14.5. The Balaban J connectivity index is 1.84. The molecule has 1 N–H and O–H groups in total. The lowest BCUT2D eigenvalue weighted by Gasteiger charge is -2.00. The van der Waals surface area contributed by atoms with E-state index in [1.54, 1.807) is 24.3 Å². The number of nitrogens with one attached hydrogen (secondary N) is 1. The Morgan fingerprint density at radius 1 is 1.17 bits per heavy atom. The highest BCUT2D eigenvalue weighted by Gasteiger charge is 2.11. The molecule has 0 saturated carbocycles. The second-order valence-electron chi connectivity index (χ2n) is 4.81. The highest BCUT2D eigenvalue weighted by Crippen LogP contribution is 2.23. The normalized spacial score (nSPS) is 11.2. The van der Waals surface area contributed by atoms with Gasteiger partial charge >= 0.3 is 0 Å². The van der Waals surface area contributed by atoms with Crippen molar-refractivity contribution < 1.29 is 4.39 Å². The minimum absolute atomic E-state index is 0.316. The number of halogens is 2. The molecule has 0 fully saturated rings. The van der Waals surface area contributed by atoms with Crippen LogP contribution in [0.4, 0.5) is 15.2 Å². The lowest BCUT2D eigenvalue weighted by molar-refractivity contribution is 0.629. The lowest BCUT2D eigenvalue weighted by Crippen LogP contribution is -2.15. The van der Waals surface area contributed by atoms with Gasteiger partial charge in [-0.3, -0.25) is 4.79 Å². The summed E-state index contributed by atoms with van der Waals surface area (Å²) in [5, 5.41) is 8.78. The number of nitrogens with zero attached hydrogens (tertiary/aromatic N) is 3. The molecule has 2 aromatic heterocycles. The predicted molar refractivity (Wildman–Crippen MR) is 89.3 cm³/mol. The average Bonchev–Trinajstić information content (AvgIpc) is 2.92. The summed E-state index contributed by atoms with van der Waals surface area (Å²) in [6, 6.07) is 11.0. The van der Waals surface area contributed by atoms with E-state index in [0.29, 0.717) is 26.0 Å². The number of rotatable bonds is 2. The number of anilines is 2. The highest BCUT2D eigenvalue weighted by atomic mass is 35.5. The SMILES string of the molecule is O=c1c2ccc(F)cc2nc2sc(Nc3ccc(Cl)cc3)nn12. The molecule has 0 bridgehead atoms. The van der Waals surface area contributed by atoms with Crippen LogP contribution in [0.3, 0.4) is 0 Å². The van der Waals surface area contributed by atoms with Crippen molar-refractivity contribution in [2.45, 2.75) is 0 Å². The number of benzene rings is 2. The van der Waals surface area contributed by atoms with Gasteiger partial charge in [-0.1, -0.05) is 22.9 Å². The van der Waals surface area contributed by atoms with Crippen molar-refractivity contribution in [3.8, 4) is 0 Å². The van der Waals surface area contributed by atoms with Crippen LogP contribution in [0.1, 0.15) is 0 Å². The molecule has 8 heteroatoms. The first-order valence-electron chi connectivity index (χ1n) is 6.62. The van der Waals surface area contributed by atoms with E-state index in [0.717, 1.165) is 5.69 Å². The Morgan fingerprint density at radius 2 is 1.96 bits per heavy atom. The Kier molecular flexibility index (Phi) is 3.24. The summed E-state index contributed by atoms with van der Waals surface area (Å²) in [5.41, 5.74) is 0.777. The van der Waals surface area contributed by atoms with Gasteiger partial charge in [-0.25, -0.2) is 9.37 Å². The summed E-state index contributed by atoms with van der Waals surface area (Å²) in [7, 11) is 0. The molecular formula is C15H8ClFN4OS.